The molecule has 2 aliphatic heterocycles. The van der Waals surface area contributed by atoms with Crippen LogP contribution in [-0.4, -0.2) is 65.8 Å². The third-order valence-corrected chi connectivity index (χ3v) is 6.95. The smallest absolute Gasteiger partial charge is 0.410 e. The summed E-state index contributed by atoms with van der Waals surface area (Å²) in [5, 5.41) is 3.03. The zero-order valence-electron chi connectivity index (χ0n) is 23.1. The van der Waals surface area contributed by atoms with Crippen molar-refractivity contribution in [3.63, 3.8) is 0 Å². The number of anilines is 1. The van der Waals surface area contributed by atoms with Gasteiger partial charge in [-0.2, -0.15) is 0 Å². The molecule has 0 saturated carbocycles. The summed E-state index contributed by atoms with van der Waals surface area (Å²) in [5.41, 5.74) is 0.850. The van der Waals surface area contributed by atoms with Gasteiger partial charge in [0.1, 0.15) is 11.7 Å². The number of pyridine rings is 1. The molecule has 0 radical (unpaired) electrons. The molecule has 3 heterocycles. The van der Waals surface area contributed by atoms with Crippen LogP contribution in [0.15, 0.2) is 42.6 Å². The molecule has 0 spiro atoms. The molecular weight excluding hydrogens is 506 g/mol. The highest BCUT2D eigenvalue weighted by atomic mass is 19.3. The van der Waals surface area contributed by atoms with Crippen LogP contribution in [-0.2, 0) is 10.7 Å². The van der Waals surface area contributed by atoms with E-state index < -0.39 is 11.5 Å². The van der Waals surface area contributed by atoms with Crippen molar-refractivity contribution in [2.24, 2.45) is 0 Å². The minimum absolute atomic E-state index is 0.0104. The first-order valence-electron chi connectivity index (χ1n) is 13.5. The molecule has 1 aromatic heterocycles. The van der Waals surface area contributed by atoms with Crippen molar-refractivity contribution in [2.75, 3.05) is 31.1 Å². The van der Waals surface area contributed by atoms with Gasteiger partial charge in [0, 0.05) is 75.5 Å². The Balaban J connectivity index is 1.20. The molecule has 2 amide bonds. The molecule has 4 rings (SSSR count). The number of piperidine rings is 2. The summed E-state index contributed by atoms with van der Waals surface area (Å²) in [6, 6.07) is 9.82. The van der Waals surface area contributed by atoms with Gasteiger partial charge in [-0.15, -0.1) is 0 Å². The maximum Gasteiger partial charge on any atom is 0.410 e. The van der Waals surface area contributed by atoms with E-state index in [9.17, 15) is 18.4 Å². The Morgan fingerprint density at radius 1 is 0.923 bits per heavy atom. The lowest BCUT2D eigenvalue weighted by Crippen LogP contribution is -2.47. The van der Waals surface area contributed by atoms with E-state index >= 15 is 0 Å². The average molecular weight is 545 g/mol. The fourth-order valence-electron chi connectivity index (χ4n) is 4.75. The fourth-order valence-corrected chi connectivity index (χ4v) is 4.75. The van der Waals surface area contributed by atoms with Crippen LogP contribution >= 0.6 is 0 Å². The Kier molecular flexibility index (Phi) is 8.61. The lowest BCUT2D eigenvalue weighted by molar-refractivity contribution is 0.0172. The van der Waals surface area contributed by atoms with Gasteiger partial charge in [0.05, 0.1) is 5.56 Å². The number of halogens is 2. The molecular formula is C29H38F2N4O4. The largest absolute Gasteiger partial charge is 0.474 e. The predicted octanol–water partition coefficient (Wildman–Crippen LogP) is 5.37. The van der Waals surface area contributed by atoms with E-state index in [0.29, 0.717) is 37.4 Å². The Bertz CT molecular complexity index is 1110. The van der Waals surface area contributed by atoms with Crippen LogP contribution in [0.25, 0.3) is 0 Å². The van der Waals surface area contributed by atoms with E-state index in [0.717, 1.165) is 38.5 Å². The topological polar surface area (TPSA) is 84.0 Å². The maximum atomic E-state index is 13.5. The van der Waals surface area contributed by atoms with Crippen molar-refractivity contribution in [1.29, 1.82) is 0 Å². The SMILES string of the molecule is CC(C)(C)OC(=O)N1CCC(NC(=O)c2ccc(OC3CCN(c4ccc(C(C)(F)F)cc4)CC3)nc2)CC1. The van der Waals surface area contributed by atoms with Crippen molar-refractivity contribution in [3.05, 3.63) is 53.7 Å². The zero-order valence-corrected chi connectivity index (χ0v) is 23.1. The van der Waals surface area contributed by atoms with E-state index in [1.54, 1.807) is 29.2 Å². The highest BCUT2D eigenvalue weighted by Crippen LogP contribution is 2.30. The molecule has 0 atom stereocenters. The van der Waals surface area contributed by atoms with Crippen molar-refractivity contribution in [1.82, 2.24) is 15.2 Å². The lowest BCUT2D eigenvalue weighted by atomic mass is 10.0. The molecule has 1 N–H and O–H groups in total. The zero-order chi connectivity index (χ0) is 28.2. The van der Waals surface area contributed by atoms with Gasteiger partial charge in [0.15, 0.2) is 0 Å². The minimum atomic E-state index is -2.84. The molecule has 10 heteroatoms. The van der Waals surface area contributed by atoms with Crippen LogP contribution in [0.4, 0.5) is 19.3 Å². The second-order valence-corrected chi connectivity index (χ2v) is 11.3. The van der Waals surface area contributed by atoms with Crippen molar-refractivity contribution in [3.8, 4) is 5.88 Å². The monoisotopic (exact) mass is 544 g/mol. The number of benzene rings is 1. The number of alkyl halides is 2. The number of ether oxygens (including phenoxy) is 2. The standard InChI is InChI=1S/C29H38F2N4O4/c1-28(2,3)39-27(37)35-15-11-22(12-16-35)33-26(36)20-5-10-25(32-19-20)38-24-13-17-34(18-14-24)23-8-6-21(7-9-23)29(4,30)31/h5-10,19,22,24H,11-18H2,1-4H3,(H,33,36). The first-order chi connectivity index (χ1) is 18.4. The van der Waals surface area contributed by atoms with Gasteiger partial charge < -0.3 is 24.6 Å². The number of carbonyl (C=O) groups excluding carboxylic acids is 2. The Morgan fingerprint density at radius 2 is 1.56 bits per heavy atom. The molecule has 8 nitrogen and oxygen atoms in total. The predicted molar refractivity (Wildman–Crippen MR) is 144 cm³/mol. The first-order valence-corrected chi connectivity index (χ1v) is 13.5. The van der Waals surface area contributed by atoms with Crippen LogP contribution in [0, 0.1) is 0 Å². The molecule has 1 aromatic carbocycles. The lowest BCUT2D eigenvalue weighted by Gasteiger charge is -2.34. The summed E-state index contributed by atoms with van der Waals surface area (Å²) < 4.78 is 38.4. The van der Waals surface area contributed by atoms with Crippen LogP contribution in [0.2, 0.25) is 0 Å². The minimum Gasteiger partial charge on any atom is -0.474 e. The summed E-state index contributed by atoms with van der Waals surface area (Å²) in [6.45, 7) is 8.98. The van der Waals surface area contributed by atoms with Gasteiger partial charge >= 0.3 is 6.09 Å². The molecule has 0 aliphatic carbocycles. The molecule has 0 bridgehead atoms. The van der Waals surface area contributed by atoms with Gasteiger partial charge in [-0.05, 0) is 51.8 Å². The highest BCUT2D eigenvalue weighted by molar-refractivity contribution is 5.94. The third-order valence-electron chi connectivity index (χ3n) is 6.95. The van der Waals surface area contributed by atoms with E-state index in [1.807, 2.05) is 20.8 Å². The highest BCUT2D eigenvalue weighted by Gasteiger charge is 2.28. The second kappa shape index (κ2) is 11.8. The molecule has 2 fully saturated rings. The fraction of sp³-hybridized carbons (Fsp3) is 0.552. The summed E-state index contributed by atoms with van der Waals surface area (Å²) in [6.07, 6.45) is 4.05. The van der Waals surface area contributed by atoms with Gasteiger partial charge in [-0.3, -0.25) is 4.79 Å². The molecule has 2 aromatic rings. The average Bonchev–Trinajstić information content (AvgIpc) is 2.88. The number of rotatable bonds is 6. The van der Waals surface area contributed by atoms with Crippen LogP contribution in [0.1, 0.15) is 69.3 Å². The second-order valence-electron chi connectivity index (χ2n) is 11.3. The van der Waals surface area contributed by atoms with Crippen LogP contribution < -0.4 is 15.0 Å². The van der Waals surface area contributed by atoms with Crippen molar-refractivity contribution < 1.29 is 27.8 Å². The summed E-state index contributed by atoms with van der Waals surface area (Å²) in [4.78, 5) is 33.1. The van der Waals surface area contributed by atoms with Crippen molar-refractivity contribution >= 4 is 17.7 Å². The van der Waals surface area contributed by atoms with Gasteiger partial charge in [-0.25, -0.2) is 18.6 Å². The summed E-state index contributed by atoms with van der Waals surface area (Å²) >= 11 is 0. The number of aromatic nitrogens is 1. The Morgan fingerprint density at radius 3 is 2.10 bits per heavy atom. The quantitative estimate of drug-likeness (QED) is 0.527. The molecule has 212 valence electrons. The number of carbonyl (C=O) groups is 2. The molecule has 2 saturated heterocycles. The summed E-state index contributed by atoms with van der Waals surface area (Å²) in [7, 11) is 0. The number of amides is 2. The molecule has 2 aliphatic rings. The van der Waals surface area contributed by atoms with Gasteiger partial charge in [0.2, 0.25) is 5.88 Å². The number of hydrogen-bond donors (Lipinski definition) is 1. The maximum absolute atomic E-state index is 13.5. The van der Waals surface area contributed by atoms with E-state index in [4.69, 9.17) is 9.47 Å². The first kappa shape index (κ1) is 28.6. The van der Waals surface area contributed by atoms with E-state index in [-0.39, 0.29) is 29.7 Å². The molecule has 39 heavy (non-hydrogen) atoms. The number of nitrogens with zero attached hydrogens (tertiary/aromatic N) is 3. The van der Waals surface area contributed by atoms with Crippen LogP contribution in [0.5, 0.6) is 5.88 Å². The van der Waals surface area contributed by atoms with E-state index in [1.165, 1.54) is 18.3 Å². The van der Waals surface area contributed by atoms with Gasteiger partial charge in [-0.1, -0.05) is 12.1 Å². The Labute approximate surface area is 228 Å². The molecule has 0 unspecified atom stereocenters. The third kappa shape index (κ3) is 8.03. The summed E-state index contributed by atoms with van der Waals surface area (Å²) in [5.74, 6) is -2.58. The number of hydrogen-bond acceptors (Lipinski definition) is 6. The Hall–Kier alpha value is -3.43. The normalized spacial score (nSPS) is 17.6. The van der Waals surface area contributed by atoms with E-state index in [2.05, 4.69) is 15.2 Å². The van der Waals surface area contributed by atoms with Gasteiger partial charge in [0.25, 0.3) is 11.8 Å². The number of nitrogens with one attached hydrogen (secondary N) is 1. The van der Waals surface area contributed by atoms with Crippen molar-refractivity contribution in [2.45, 2.75) is 77.0 Å². The van der Waals surface area contributed by atoms with Crippen LogP contribution in [0.3, 0.4) is 0 Å². The number of likely N-dealkylation sites (tertiary alicyclic amines) is 1.